The maximum Gasteiger partial charge on any atom is 0.269 e. The van der Waals surface area contributed by atoms with Gasteiger partial charge in [-0.1, -0.05) is 22.9 Å². The summed E-state index contributed by atoms with van der Waals surface area (Å²) in [5.41, 5.74) is 0.843. The van der Waals surface area contributed by atoms with Gasteiger partial charge in [0, 0.05) is 22.3 Å². The minimum Gasteiger partial charge on any atom is -0.493 e. The third-order valence-electron chi connectivity index (χ3n) is 3.21. The zero-order valence-electron chi connectivity index (χ0n) is 13.8. The number of carbonyl (C=O) groups is 1. The third-order valence-corrected chi connectivity index (χ3v) is 3.91. The number of amides is 1. The first kappa shape index (κ1) is 19.8. The van der Waals surface area contributed by atoms with Gasteiger partial charge < -0.3 is 10.1 Å². The molecule has 136 valence electrons. The minimum absolute atomic E-state index is 0.0302. The Labute approximate surface area is 164 Å². The van der Waals surface area contributed by atoms with E-state index in [1.807, 2.05) is 6.92 Å². The summed E-state index contributed by atoms with van der Waals surface area (Å²) in [6.45, 7) is 2.47. The van der Waals surface area contributed by atoms with Crippen molar-refractivity contribution in [3.8, 4) is 5.75 Å². The third kappa shape index (κ3) is 5.50. The molecule has 9 heteroatoms. The summed E-state index contributed by atoms with van der Waals surface area (Å²) in [7, 11) is 0. The number of benzene rings is 2. The van der Waals surface area contributed by atoms with E-state index in [1.54, 1.807) is 18.2 Å². The Balaban J connectivity index is 2.05. The quantitative estimate of drug-likeness (QED) is 0.398. The molecule has 0 unspecified atom stereocenters. The van der Waals surface area contributed by atoms with Gasteiger partial charge in [0.2, 0.25) is 0 Å². The van der Waals surface area contributed by atoms with Crippen LogP contribution in [0.15, 0.2) is 46.9 Å². The highest BCUT2D eigenvalue weighted by molar-refractivity contribution is 9.10. The number of hydrogen-bond acceptors (Lipinski definition) is 5. The summed E-state index contributed by atoms with van der Waals surface area (Å²) >= 11 is 8.46. The van der Waals surface area contributed by atoms with Crippen LogP contribution in [-0.4, -0.2) is 22.5 Å². The predicted molar refractivity (Wildman–Crippen MR) is 107 cm³/mol. The van der Waals surface area contributed by atoms with E-state index in [2.05, 4.69) is 26.6 Å². The highest BCUT2D eigenvalue weighted by Crippen LogP contribution is 2.23. The predicted octanol–water partition coefficient (Wildman–Crippen LogP) is 4.27. The molecule has 1 amide bonds. The van der Waals surface area contributed by atoms with Crippen molar-refractivity contribution >= 4 is 50.5 Å². The largest absolute Gasteiger partial charge is 0.493 e. The highest BCUT2D eigenvalue weighted by atomic mass is 79.9. The number of nitro groups is 1. The summed E-state index contributed by atoms with van der Waals surface area (Å²) in [4.78, 5) is 22.7. The smallest absolute Gasteiger partial charge is 0.269 e. The van der Waals surface area contributed by atoms with E-state index < -0.39 is 10.8 Å². The van der Waals surface area contributed by atoms with Crippen molar-refractivity contribution in [2.24, 2.45) is 0 Å². The van der Waals surface area contributed by atoms with Crippen LogP contribution in [0.2, 0.25) is 0 Å². The fraction of sp³-hybridized carbons (Fsp3) is 0.176. The van der Waals surface area contributed by atoms with E-state index in [1.165, 1.54) is 24.3 Å². The number of nitro benzene ring substituents is 1. The molecule has 0 saturated heterocycles. The van der Waals surface area contributed by atoms with Crippen LogP contribution in [0.4, 0.5) is 11.4 Å². The van der Waals surface area contributed by atoms with E-state index >= 15 is 0 Å². The average Bonchev–Trinajstić information content (AvgIpc) is 2.60. The van der Waals surface area contributed by atoms with Crippen LogP contribution in [0.5, 0.6) is 5.75 Å². The monoisotopic (exact) mass is 437 g/mol. The van der Waals surface area contributed by atoms with Crippen LogP contribution >= 0.6 is 28.1 Å². The SMILES string of the molecule is CCCOc1ccc(Br)cc1C(=O)NC(=S)Nc1ccc([N+](=O)[O-])cc1. The Bertz CT molecular complexity index is 827. The lowest BCUT2D eigenvalue weighted by atomic mass is 10.2. The van der Waals surface area contributed by atoms with Gasteiger partial charge in [-0.15, -0.1) is 0 Å². The maximum absolute atomic E-state index is 12.5. The molecule has 2 aromatic rings. The first-order chi connectivity index (χ1) is 12.4. The summed E-state index contributed by atoms with van der Waals surface area (Å²) in [6.07, 6.45) is 0.817. The second-order valence-corrected chi connectivity index (χ2v) is 6.53. The lowest BCUT2D eigenvalue weighted by Gasteiger charge is -2.13. The molecule has 2 rings (SSSR count). The Morgan fingerprint density at radius 1 is 1.27 bits per heavy atom. The Hall–Kier alpha value is -2.52. The highest BCUT2D eigenvalue weighted by Gasteiger charge is 2.15. The van der Waals surface area contributed by atoms with Gasteiger partial charge in [0.15, 0.2) is 5.11 Å². The second-order valence-electron chi connectivity index (χ2n) is 5.20. The van der Waals surface area contributed by atoms with Crippen LogP contribution in [0, 0.1) is 10.1 Å². The number of non-ortho nitro benzene ring substituents is 1. The van der Waals surface area contributed by atoms with Crippen molar-refractivity contribution in [3.63, 3.8) is 0 Å². The zero-order valence-corrected chi connectivity index (χ0v) is 16.2. The van der Waals surface area contributed by atoms with E-state index in [0.717, 1.165) is 10.9 Å². The summed E-state index contributed by atoms with van der Waals surface area (Å²) in [6, 6.07) is 10.8. The Morgan fingerprint density at radius 3 is 2.58 bits per heavy atom. The first-order valence-corrected chi connectivity index (χ1v) is 8.90. The molecule has 0 aromatic heterocycles. The van der Waals surface area contributed by atoms with Crippen LogP contribution in [-0.2, 0) is 0 Å². The molecule has 0 aliphatic rings. The fourth-order valence-electron chi connectivity index (χ4n) is 2.02. The summed E-state index contributed by atoms with van der Waals surface area (Å²) < 4.78 is 6.33. The van der Waals surface area contributed by atoms with Crippen LogP contribution in [0.25, 0.3) is 0 Å². The van der Waals surface area contributed by atoms with Crippen molar-refractivity contribution in [2.45, 2.75) is 13.3 Å². The molecule has 0 bridgehead atoms. The number of nitrogens with zero attached hydrogens (tertiary/aromatic N) is 1. The van der Waals surface area contributed by atoms with Gasteiger partial charge in [-0.2, -0.15) is 0 Å². The van der Waals surface area contributed by atoms with E-state index in [-0.39, 0.29) is 10.8 Å². The van der Waals surface area contributed by atoms with Gasteiger partial charge in [-0.05, 0) is 49.0 Å². The van der Waals surface area contributed by atoms with Crippen LogP contribution < -0.4 is 15.4 Å². The molecule has 0 heterocycles. The van der Waals surface area contributed by atoms with Crippen molar-refractivity contribution in [3.05, 3.63) is 62.6 Å². The number of hydrogen-bond donors (Lipinski definition) is 2. The first-order valence-electron chi connectivity index (χ1n) is 7.70. The van der Waals surface area contributed by atoms with Gasteiger partial charge in [0.1, 0.15) is 5.75 Å². The molecule has 0 aliphatic heterocycles. The van der Waals surface area contributed by atoms with Gasteiger partial charge in [0.25, 0.3) is 11.6 Å². The maximum atomic E-state index is 12.5. The molecular weight excluding hydrogens is 422 g/mol. The number of carbonyl (C=O) groups excluding carboxylic acids is 1. The average molecular weight is 438 g/mol. The normalized spacial score (nSPS) is 10.1. The molecule has 0 saturated carbocycles. The van der Waals surface area contributed by atoms with Crippen molar-refractivity contribution in [1.29, 1.82) is 0 Å². The molecule has 2 aromatic carbocycles. The molecule has 0 atom stereocenters. The van der Waals surface area contributed by atoms with E-state index in [0.29, 0.717) is 23.6 Å². The number of thiocarbonyl (C=S) groups is 1. The van der Waals surface area contributed by atoms with Gasteiger partial charge in [0.05, 0.1) is 17.1 Å². The van der Waals surface area contributed by atoms with Crippen LogP contribution in [0.3, 0.4) is 0 Å². The lowest BCUT2D eigenvalue weighted by Crippen LogP contribution is -2.34. The van der Waals surface area contributed by atoms with Gasteiger partial charge in [-0.25, -0.2) is 0 Å². The molecule has 2 N–H and O–H groups in total. The number of halogens is 1. The number of anilines is 1. The topological polar surface area (TPSA) is 93.5 Å². The number of ether oxygens (including phenoxy) is 1. The van der Waals surface area contributed by atoms with Crippen LogP contribution in [0.1, 0.15) is 23.7 Å². The molecule has 0 fully saturated rings. The van der Waals surface area contributed by atoms with E-state index in [9.17, 15) is 14.9 Å². The summed E-state index contributed by atoms with van der Waals surface area (Å²) in [5, 5.41) is 16.1. The minimum atomic E-state index is -0.491. The van der Waals surface area contributed by atoms with Crippen molar-refractivity contribution < 1.29 is 14.5 Å². The van der Waals surface area contributed by atoms with Crippen molar-refractivity contribution in [1.82, 2.24) is 5.32 Å². The Kier molecular flexibility index (Phi) is 7.05. The molecule has 26 heavy (non-hydrogen) atoms. The fourth-order valence-corrected chi connectivity index (χ4v) is 2.59. The zero-order chi connectivity index (χ0) is 19.1. The second kappa shape index (κ2) is 9.25. The van der Waals surface area contributed by atoms with Gasteiger partial charge in [-0.3, -0.25) is 20.2 Å². The summed E-state index contributed by atoms with van der Waals surface area (Å²) in [5.74, 6) is 0.0440. The molecular formula is C17H16BrN3O4S. The lowest BCUT2D eigenvalue weighted by molar-refractivity contribution is -0.384. The van der Waals surface area contributed by atoms with Gasteiger partial charge >= 0.3 is 0 Å². The molecule has 0 spiro atoms. The number of nitrogens with one attached hydrogen (secondary N) is 2. The van der Waals surface area contributed by atoms with Crippen molar-refractivity contribution in [2.75, 3.05) is 11.9 Å². The molecule has 0 radical (unpaired) electrons. The standard InChI is InChI=1S/C17H16BrN3O4S/c1-2-9-25-15-8-3-11(18)10-14(15)16(22)20-17(26)19-12-4-6-13(7-5-12)21(23)24/h3-8,10H,2,9H2,1H3,(H2,19,20,22,26). The molecule has 7 nitrogen and oxygen atoms in total. The molecule has 0 aliphatic carbocycles. The van der Waals surface area contributed by atoms with E-state index in [4.69, 9.17) is 17.0 Å². The Morgan fingerprint density at radius 2 is 1.96 bits per heavy atom. The number of rotatable bonds is 6.